The van der Waals surface area contributed by atoms with Crippen molar-refractivity contribution in [3.8, 4) is 5.88 Å². The summed E-state index contributed by atoms with van der Waals surface area (Å²) in [5.74, 6) is 0.137. The number of hydrogen-bond donors (Lipinski definition) is 2. The molecule has 0 aliphatic carbocycles. The van der Waals surface area contributed by atoms with Crippen LogP contribution in [0.3, 0.4) is 0 Å². The minimum atomic E-state index is -1.00. The molecule has 0 radical (unpaired) electrons. The van der Waals surface area contributed by atoms with E-state index < -0.39 is 5.97 Å². The number of carboxylic acid groups (broad SMARTS) is 1. The van der Waals surface area contributed by atoms with E-state index in [-0.39, 0.29) is 5.69 Å². The quantitative estimate of drug-likeness (QED) is 0.822. The fourth-order valence-electron chi connectivity index (χ4n) is 1.37. The number of aromatic nitrogens is 3. The van der Waals surface area contributed by atoms with Crippen molar-refractivity contribution < 1.29 is 14.6 Å². The van der Waals surface area contributed by atoms with Gasteiger partial charge < -0.3 is 15.2 Å². The maximum absolute atomic E-state index is 10.7. The summed E-state index contributed by atoms with van der Waals surface area (Å²) in [6.07, 6.45) is 2.04. The van der Waals surface area contributed by atoms with E-state index >= 15 is 0 Å². The molecule has 0 fully saturated rings. The van der Waals surface area contributed by atoms with Gasteiger partial charge in [-0.3, -0.25) is 0 Å². The van der Waals surface area contributed by atoms with Crippen LogP contribution in [0.15, 0.2) is 17.8 Å². The molecule has 7 nitrogen and oxygen atoms in total. The Bertz CT molecular complexity index is 573. The lowest BCUT2D eigenvalue weighted by Crippen LogP contribution is -2.07. The van der Waals surface area contributed by atoms with E-state index in [1.807, 2.05) is 0 Å². The third-order valence-corrected chi connectivity index (χ3v) is 3.18. The summed E-state index contributed by atoms with van der Waals surface area (Å²) in [6.45, 7) is 0.604. The number of nitrogens with zero attached hydrogens (tertiary/aromatic N) is 3. The van der Waals surface area contributed by atoms with Crippen molar-refractivity contribution in [1.82, 2.24) is 15.0 Å². The highest BCUT2D eigenvalue weighted by atomic mass is 32.1. The molecule has 2 N–H and O–H groups in total. The van der Waals surface area contributed by atoms with Gasteiger partial charge in [-0.15, -0.1) is 11.3 Å². The van der Waals surface area contributed by atoms with E-state index in [4.69, 9.17) is 9.84 Å². The Balaban J connectivity index is 1.86. The zero-order valence-electron chi connectivity index (χ0n) is 10.2. The molecule has 2 aromatic heterocycles. The average molecular weight is 280 g/mol. The highest BCUT2D eigenvalue weighted by molar-refractivity contribution is 7.09. The van der Waals surface area contributed by atoms with E-state index in [2.05, 4.69) is 20.3 Å². The molecule has 0 amide bonds. The van der Waals surface area contributed by atoms with Crippen LogP contribution in [-0.2, 0) is 6.42 Å². The van der Waals surface area contributed by atoms with Crippen LogP contribution >= 0.6 is 11.3 Å². The van der Waals surface area contributed by atoms with Crippen molar-refractivity contribution in [2.45, 2.75) is 6.42 Å². The van der Waals surface area contributed by atoms with Crippen molar-refractivity contribution in [3.05, 3.63) is 28.5 Å². The second-order valence-electron chi connectivity index (χ2n) is 3.55. The molecule has 0 unspecified atom stereocenters. The van der Waals surface area contributed by atoms with Gasteiger partial charge in [-0.2, -0.15) is 0 Å². The lowest BCUT2D eigenvalue weighted by molar-refractivity contribution is 0.0691. The number of aromatic carboxylic acids is 1. The predicted octanol–water partition coefficient (Wildman–Crippen LogP) is 1.29. The molecule has 2 aromatic rings. The molecule has 0 atom stereocenters. The Morgan fingerprint density at radius 3 is 3.05 bits per heavy atom. The first kappa shape index (κ1) is 13.2. The van der Waals surface area contributed by atoms with Crippen LogP contribution in [0.25, 0.3) is 0 Å². The van der Waals surface area contributed by atoms with Gasteiger partial charge in [0.15, 0.2) is 5.69 Å². The Labute approximate surface area is 113 Å². The van der Waals surface area contributed by atoms with Gasteiger partial charge in [-0.25, -0.2) is 19.7 Å². The van der Waals surface area contributed by atoms with Crippen molar-refractivity contribution in [3.63, 3.8) is 0 Å². The fraction of sp³-hybridized carbons (Fsp3) is 0.273. The zero-order chi connectivity index (χ0) is 13.7. The Kier molecular flexibility index (Phi) is 4.24. The van der Waals surface area contributed by atoms with Crippen LogP contribution in [0.1, 0.15) is 15.5 Å². The number of carboxylic acids is 1. The summed E-state index contributed by atoms with van der Waals surface area (Å²) in [5, 5.41) is 14.2. The summed E-state index contributed by atoms with van der Waals surface area (Å²) in [4.78, 5) is 22.6. The second kappa shape index (κ2) is 6.10. The molecule has 0 bridgehead atoms. The van der Waals surface area contributed by atoms with Crippen molar-refractivity contribution >= 4 is 23.1 Å². The molecule has 0 aromatic carbocycles. The summed E-state index contributed by atoms with van der Waals surface area (Å²) >= 11 is 1.33. The maximum Gasteiger partial charge on any atom is 0.355 e. The van der Waals surface area contributed by atoms with Gasteiger partial charge in [0, 0.05) is 24.4 Å². The number of hydrogen-bond acceptors (Lipinski definition) is 7. The molecule has 8 heteroatoms. The first-order valence-electron chi connectivity index (χ1n) is 5.46. The first-order valence-corrected chi connectivity index (χ1v) is 6.34. The highest BCUT2D eigenvalue weighted by Gasteiger charge is 2.08. The molecule has 0 saturated heterocycles. The normalized spacial score (nSPS) is 10.2. The number of methoxy groups -OCH3 is 1. The molecular weight excluding hydrogens is 268 g/mol. The third-order valence-electron chi connectivity index (χ3n) is 2.27. The molecule has 0 spiro atoms. The molecule has 100 valence electrons. The van der Waals surface area contributed by atoms with Gasteiger partial charge in [-0.05, 0) is 0 Å². The van der Waals surface area contributed by atoms with Gasteiger partial charge in [0.05, 0.1) is 12.1 Å². The van der Waals surface area contributed by atoms with Gasteiger partial charge in [0.1, 0.15) is 12.1 Å². The summed E-state index contributed by atoms with van der Waals surface area (Å²) in [5.41, 5.74) is 0.0868. The molecule has 0 aliphatic rings. The minimum absolute atomic E-state index is 0.0868. The minimum Gasteiger partial charge on any atom is -0.481 e. The SMILES string of the molecule is COc1cc(NCCc2nc(C(=O)O)cs2)ncn1. The van der Waals surface area contributed by atoms with E-state index in [1.54, 1.807) is 6.07 Å². The van der Waals surface area contributed by atoms with Crippen LogP contribution in [-0.4, -0.2) is 39.7 Å². The lowest BCUT2D eigenvalue weighted by atomic mass is 10.4. The number of anilines is 1. The van der Waals surface area contributed by atoms with Gasteiger partial charge in [0.2, 0.25) is 5.88 Å². The van der Waals surface area contributed by atoms with Crippen LogP contribution in [0.5, 0.6) is 5.88 Å². The van der Waals surface area contributed by atoms with Gasteiger partial charge in [-0.1, -0.05) is 0 Å². The smallest absolute Gasteiger partial charge is 0.355 e. The summed E-state index contributed by atoms with van der Waals surface area (Å²) in [6, 6.07) is 1.69. The van der Waals surface area contributed by atoms with E-state index in [0.717, 1.165) is 5.01 Å². The van der Waals surface area contributed by atoms with Crippen molar-refractivity contribution in [2.24, 2.45) is 0 Å². The molecule has 2 rings (SSSR count). The van der Waals surface area contributed by atoms with E-state index in [0.29, 0.717) is 24.7 Å². The Morgan fingerprint density at radius 2 is 2.37 bits per heavy atom. The van der Waals surface area contributed by atoms with E-state index in [1.165, 1.54) is 30.2 Å². The zero-order valence-corrected chi connectivity index (χ0v) is 11.0. The van der Waals surface area contributed by atoms with Gasteiger partial charge >= 0.3 is 5.97 Å². The largest absolute Gasteiger partial charge is 0.481 e. The number of rotatable bonds is 6. The van der Waals surface area contributed by atoms with E-state index in [9.17, 15) is 4.79 Å². The lowest BCUT2D eigenvalue weighted by Gasteiger charge is -2.04. The van der Waals surface area contributed by atoms with Crippen molar-refractivity contribution in [2.75, 3.05) is 19.0 Å². The second-order valence-corrected chi connectivity index (χ2v) is 4.50. The maximum atomic E-state index is 10.7. The van der Waals surface area contributed by atoms with Crippen LogP contribution < -0.4 is 10.1 Å². The van der Waals surface area contributed by atoms with Crippen LogP contribution in [0.2, 0.25) is 0 Å². The number of carbonyl (C=O) groups is 1. The monoisotopic (exact) mass is 280 g/mol. The predicted molar refractivity (Wildman–Crippen MR) is 69.9 cm³/mol. The Morgan fingerprint density at radius 1 is 1.53 bits per heavy atom. The summed E-state index contributed by atoms with van der Waals surface area (Å²) in [7, 11) is 1.54. The number of ether oxygens (including phenoxy) is 1. The molecule has 0 aliphatic heterocycles. The molecule has 0 saturated carbocycles. The topological polar surface area (TPSA) is 97.2 Å². The average Bonchev–Trinajstić information content (AvgIpc) is 2.88. The van der Waals surface area contributed by atoms with Crippen LogP contribution in [0, 0.1) is 0 Å². The summed E-state index contributed by atoms with van der Waals surface area (Å²) < 4.78 is 4.98. The fourth-order valence-corrected chi connectivity index (χ4v) is 2.14. The molecule has 19 heavy (non-hydrogen) atoms. The van der Waals surface area contributed by atoms with Gasteiger partial charge in [0.25, 0.3) is 0 Å². The molecular formula is C11H12N4O3S. The van der Waals surface area contributed by atoms with Crippen molar-refractivity contribution in [1.29, 1.82) is 0 Å². The molecule has 2 heterocycles. The highest BCUT2D eigenvalue weighted by Crippen LogP contribution is 2.12. The number of nitrogens with one attached hydrogen (secondary N) is 1. The Hall–Kier alpha value is -2.22. The third kappa shape index (κ3) is 3.62. The van der Waals surface area contributed by atoms with Crippen LogP contribution in [0.4, 0.5) is 5.82 Å². The number of thiazole rings is 1. The first-order chi connectivity index (χ1) is 9.19. The standard InChI is InChI=1S/C11H12N4O3S/c1-18-9-4-8(13-6-14-9)12-3-2-10-15-7(5-19-10)11(16)17/h4-6H,2-3H2,1H3,(H,16,17)(H,12,13,14).